The highest BCUT2D eigenvalue weighted by molar-refractivity contribution is 5.90. The van der Waals surface area contributed by atoms with Gasteiger partial charge < -0.3 is 4.74 Å². The first kappa shape index (κ1) is 10.5. The Kier molecular flexibility index (Phi) is 3.26. The quantitative estimate of drug-likeness (QED) is 0.668. The van der Waals surface area contributed by atoms with Crippen molar-refractivity contribution in [3.63, 3.8) is 0 Å². The molecule has 0 spiro atoms. The van der Waals surface area contributed by atoms with Gasteiger partial charge in [-0.3, -0.25) is 4.79 Å². The fourth-order valence-electron chi connectivity index (χ4n) is 1.75. The van der Waals surface area contributed by atoms with Crippen LogP contribution in [0.15, 0.2) is 12.2 Å². The molecule has 0 saturated carbocycles. The van der Waals surface area contributed by atoms with Gasteiger partial charge in [0, 0.05) is 20.1 Å². The average molecular weight is 182 g/mol. The van der Waals surface area contributed by atoms with Crippen LogP contribution in [0.2, 0.25) is 0 Å². The molecule has 0 fully saturated rings. The Hall–Kier alpha value is -0.630. The molecular weight excluding hydrogens is 164 g/mol. The zero-order chi connectivity index (χ0) is 9.90. The van der Waals surface area contributed by atoms with Gasteiger partial charge in [-0.15, -0.1) is 0 Å². The van der Waals surface area contributed by atoms with Gasteiger partial charge in [-0.05, 0) is 23.8 Å². The molecule has 1 aliphatic carbocycles. The minimum atomic E-state index is 0.145. The maximum absolute atomic E-state index is 11.2. The Labute approximate surface area is 80.0 Å². The lowest BCUT2D eigenvalue weighted by molar-refractivity contribution is -0.117. The van der Waals surface area contributed by atoms with E-state index in [2.05, 4.69) is 13.8 Å². The predicted molar refractivity (Wildman–Crippen MR) is 52.5 cm³/mol. The van der Waals surface area contributed by atoms with Crippen LogP contribution >= 0.6 is 0 Å². The first-order valence-corrected chi connectivity index (χ1v) is 4.77. The number of ketones is 1. The number of hydrogen-bond donors (Lipinski definition) is 0. The summed E-state index contributed by atoms with van der Waals surface area (Å²) in [5.41, 5.74) is 0.145. The summed E-state index contributed by atoms with van der Waals surface area (Å²) in [5.74, 6) is 0.686. The maximum Gasteiger partial charge on any atom is 0.155 e. The van der Waals surface area contributed by atoms with Gasteiger partial charge in [0.15, 0.2) is 5.78 Å². The lowest BCUT2D eigenvalue weighted by atomic mass is 9.71. The topological polar surface area (TPSA) is 26.3 Å². The average Bonchev–Trinajstić information content (AvgIpc) is 2.07. The molecule has 1 atom stereocenters. The first-order chi connectivity index (χ1) is 6.06. The number of carbonyl (C=O) groups is 1. The van der Waals surface area contributed by atoms with E-state index in [-0.39, 0.29) is 11.2 Å². The van der Waals surface area contributed by atoms with Gasteiger partial charge in [-0.25, -0.2) is 0 Å². The number of hydrogen-bond acceptors (Lipinski definition) is 2. The van der Waals surface area contributed by atoms with Crippen molar-refractivity contribution in [3.8, 4) is 0 Å². The molecule has 0 radical (unpaired) electrons. The molecule has 1 rings (SSSR count). The molecule has 0 bridgehead atoms. The molecular formula is C11H18O2. The number of ether oxygens (including phenoxy) is 1. The molecule has 1 unspecified atom stereocenters. The van der Waals surface area contributed by atoms with E-state index in [1.165, 1.54) is 0 Å². The van der Waals surface area contributed by atoms with E-state index in [1.807, 2.05) is 6.08 Å². The molecule has 0 aliphatic heterocycles. The second-order valence-electron chi connectivity index (χ2n) is 4.30. The second-order valence-corrected chi connectivity index (χ2v) is 4.30. The van der Waals surface area contributed by atoms with Crippen molar-refractivity contribution in [2.45, 2.75) is 26.7 Å². The van der Waals surface area contributed by atoms with Gasteiger partial charge in [0.1, 0.15) is 0 Å². The van der Waals surface area contributed by atoms with Crippen LogP contribution in [0.1, 0.15) is 26.7 Å². The van der Waals surface area contributed by atoms with Gasteiger partial charge >= 0.3 is 0 Å². The summed E-state index contributed by atoms with van der Waals surface area (Å²) in [6, 6.07) is 0. The second kappa shape index (κ2) is 4.05. The highest BCUT2D eigenvalue weighted by Gasteiger charge is 2.31. The third-order valence-electron chi connectivity index (χ3n) is 2.87. The van der Waals surface area contributed by atoms with Crippen LogP contribution in [-0.4, -0.2) is 19.5 Å². The largest absolute Gasteiger partial charge is 0.385 e. The summed E-state index contributed by atoms with van der Waals surface area (Å²) in [7, 11) is 1.70. The fourth-order valence-corrected chi connectivity index (χ4v) is 1.75. The molecule has 0 aromatic carbocycles. The Balaban J connectivity index is 2.61. The molecule has 13 heavy (non-hydrogen) atoms. The number of rotatable bonds is 3. The summed E-state index contributed by atoms with van der Waals surface area (Å²) in [6.45, 7) is 5.10. The summed E-state index contributed by atoms with van der Waals surface area (Å²) < 4.78 is 5.04. The zero-order valence-electron chi connectivity index (χ0n) is 8.67. The van der Waals surface area contributed by atoms with E-state index in [1.54, 1.807) is 13.2 Å². The van der Waals surface area contributed by atoms with Crippen molar-refractivity contribution in [3.05, 3.63) is 12.2 Å². The van der Waals surface area contributed by atoms with Crippen molar-refractivity contribution in [1.29, 1.82) is 0 Å². The molecule has 0 N–H and O–H groups in total. The van der Waals surface area contributed by atoms with Crippen LogP contribution in [0.4, 0.5) is 0 Å². The lowest BCUT2D eigenvalue weighted by Crippen LogP contribution is -2.28. The summed E-state index contributed by atoms with van der Waals surface area (Å²) in [6.07, 6.45) is 5.38. The zero-order valence-corrected chi connectivity index (χ0v) is 8.67. The van der Waals surface area contributed by atoms with Crippen LogP contribution in [0, 0.1) is 11.3 Å². The normalized spacial score (nSPS) is 26.4. The molecule has 2 heteroatoms. The van der Waals surface area contributed by atoms with E-state index in [0.717, 1.165) is 13.0 Å². The smallest absolute Gasteiger partial charge is 0.155 e. The number of methoxy groups -OCH3 is 1. The monoisotopic (exact) mass is 182 g/mol. The molecule has 0 saturated heterocycles. The SMILES string of the molecule is COCCC1CC(=O)C=CC1(C)C. The van der Waals surface area contributed by atoms with Crippen molar-refractivity contribution in [2.24, 2.45) is 11.3 Å². The van der Waals surface area contributed by atoms with Crippen molar-refractivity contribution < 1.29 is 9.53 Å². The van der Waals surface area contributed by atoms with Crippen LogP contribution in [0.3, 0.4) is 0 Å². The van der Waals surface area contributed by atoms with Gasteiger partial charge in [-0.1, -0.05) is 19.9 Å². The first-order valence-electron chi connectivity index (χ1n) is 4.77. The lowest BCUT2D eigenvalue weighted by Gasteiger charge is -2.33. The van der Waals surface area contributed by atoms with Crippen molar-refractivity contribution in [1.82, 2.24) is 0 Å². The predicted octanol–water partition coefficient (Wildman–Crippen LogP) is 2.19. The standard InChI is InChI=1S/C11H18O2/c1-11(2)6-4-10(12)8-9(11)5-7-13-3/h4,6,9H,5,7-8H2,1-3H3. The number of allylic oxidation sites excluding steroid dienone is 2. The van der Waals surface area contributed by atoms with Crippen LogP contribution < -0.4 is 0 Å². The van der Waals surface area contributed by atoms with E-state index >= 15 is 0 Å². The van der Waals surface area contributed by atoms with E-state index in [9.17, 15) is 4.79 Å². The Bertz CT molecular complexity index is 216. The Morgan fingerprint density at radius 1 is 1.62 bits per heavy atom. The summed E-state index contributed by atoms with van der Waals surface area (Å²) in [4.78, 5) is 11.2. The third kappa shape index (κ3) is 2.66. The molecule has 1 aliphatic rings. The molecule has 0 aromatic rings. The van der Waals surface area contributed by atoms with Crippen LogP contribution in [0.5, 0.6) is 0 Å². The third-order valence-corrected chi connectivity index (χ3v) is 2.87. The summed E-state index contributed by atoms with van der Waals surface area (Å²) >= 11 is 0. The Morgan fingerprint density at radius 2 is 2.31 bits per heavy atom. The van der Waals surface area contributed by atoms with E-state index < -0.39 is 0 Å². The van der Waals surface area contributed by atoms with Crippen molar-refractivity contribution in [2.75, 3.05) is 13.7 Å². The Morgan fingerprint density at radius 3 is 2.92 bits per heavy atom. The van der Waals surface area contributed by atoms with Gasteiger partial charge in [-0.2, -0.15) is 0 Å². The maximum atomic E-state index is 11.2. The highest BCUT2D eigenvalue weighted by Crippen LogP contribution is 2.36. The van der Waals surface area contributed by atoms with Gasteiger partial charge in [0.05, 0.1) is 0 Å². The minimum Gasteiger partial charge on any atom is -0.385 e. The molecule has 0 amide bonds. The molecule has 0 heterocycles. The summed E-state index contributed by atoms with van der Waals surface area (Å²) in [5, 5.41) is 0. The van der Waals surface area contributed by atoms with E-state index in [4.69, 9.17) is 4.74 Å². The van der Waals surface area contributed by atoms with E-state index in [0.29, 0.717) is 12.3 Å². The molecule has 2 nitrogen and oxygen atoms in total. The van der Waals surface area contributed by atoms with Crippen LogP contribution in [-0.2, 0) is 9.53 Å². The van der Waals surface area contributed by atoms with Gasteiger partial charge in [0.2, 0.25) is 0 Å². The number of carbonyl (C=O) groups excluding carboxylic acids is 1. The molecule has 74 valence electrons. The van der Waals surface area contributed by atoms with Gasteiger partial charge in [0.25, 0.3) is 0 Å². The molecule has 0 aromatic heterocycles. The highest BCUT2D eigenvalue weighted by atomic mass is 16.5. The van der Waals surface area contributed by atoms with Crippen LogP contribution in [0.25, 0.3) is 0 Å². The fraction of sp³-hybridized carbons (Fsp3) is 0.727. The minimum absolute atomic E-state index is 0.145. The van der Waals surface area contributed by atoms with Crippen molar-refractivity contribution >= 4 is 5.78 Å².